The molecule has 1 aromatic rings. The maximum Gasteiger partial charge on any atom is 0.264 e. The molecule has 0 aliphatic carbocycles. The van der Waals surface area contributed by atoms with Crippen molar-refractivity contribution in [2.75, 3.05) is 26.7 Å². The summed E-state index contributed by atoms with van der Waals surface area (Å²) in [5.74, 6) is 0.197. The summed E-state index contributed by atoms with van der Waals surface area (Å²) < 4.78 is 0.621. The molecule has 1 atom stereocenters. The maximum absolute atomic E-state index is 12.4. The molecule has 3 heterocycles. The van der Waals surface area contributed by atoms with E-state index in [1.54, 1.807) is 21.9 Å². The van der Waals surface area contributed by atoms with Gasteiger partial charge in [-0.2, -0.15) is 0 Å². The molecule has 2 amide bonds. The van der Waals surface area contributed by atoms with Crippen molar-refractivity contribution in [2.24, 2.45) is 5.41 Å². The van der Waals surface area contributed by atoms with Crippen LogP contribution in [0.15, 0.2) is 12.1 Å². The Morgan fingerprint density at radius 3 is 2.85 bits per heavy atom. The number of carbonyl (C=O) groups excluding carboxylic acids is 2. The lowest BCUT2D eigenvalue weighted by Gasteiger charge is -2.37. The number of nitrogens with zero attached hydrogens (tertiary/aromatic N) is 2. The van der Waals surface area contributed by atoms with Crippen molar-refractivity contribution in [3.05, 3.63) is 21.3 Å². The summed E-state index contributed by atoms with van der Waals surface area (Å²) in [4.78, 5) is 29.1. The Morgan fingerprint density at radius 2 is 2.15 bits per heavy atom. The van der Waals surface area contributed by atoms with Gasteiger partial charge in [0.05, 0.1) is 14.6 Å². The minimum atomic E-state index is -0.344. The maximum atomic E-state index is 12.4. The molecule has 0 bridgehead atoms. The fraction of sp³-hybridized carbons (Fsp3) is 0.571. The average Bonchev–Trinajstić information content (AvgIpc) is 3.03. The van der Waals surface area contributed by atoms with E-state index in [1.165, 1.54) is 11.3 Å². The van der Waals surface area contributed by atoms with E-state index in [0.717, 1.165) is 25.8 Å². The Labute approximate surface area is 127 Å². The number of carbonyl (C=O) groups is 2. The highest BCUT2D eigenvalue weighted by molar-refractivity contribution is 7.17. The zero-order chi connectivity index (χ0) is 14.3. The Hall–Kier alpha value is -1.07. The van der Waals surface area contributed by atoms with Crippen LogP contribution in [0.25, 0.3) is 0 Å². The second-order valence-electron chi connectivity index (χ2n) is 5.69. The van der Waals surface area contributed by atoms with Crippen molar-refractivity contribution in [3.63, 3.8) is 0 Å². The van der Waals surface area contributed by atoms with E-state index in [1.807, 2.05) is 7.05 Å². The average molecular weight is 313 g/mol. The van der Waals surface area contributed by atoms with Crippen LogP contribution in [0.4, 0.5) is 0 Å². The topological polar surface area (TPSA) is 40.6 Å². The molecule has 1 aromatic heterocycles. The first kappa shape index (κ1) is 13.9. The predicted molar refractivity (Wildman–Crippen MR) is 79.2 cm³/mol. The number of likely N-dealkylation sites (tertiary alicyclic amines) is 2. The Bertz CT molecular complexity index is 559. The fourth-order valence-corrected chi connectivity index (χ4v) is 4.29. The third-order valence-electron chi connectivity index (χ3n) is 4.37. The summed E-state index contributed by atoms with van der Waals surface area (Å²) in [5.41, 5.74) is -0.344. The largest absolute Gasteiger partial charge is 0.345 e. The van der Waals surface area contributed by atoms with E-state index in [2.05, 4.69) is 0 Å². The molecule has 2 fully saturated rings. The molecule has 2 aliphatic heterocycles. The van der Waals surface area contributed by atoms with Gasteiger partial charge in [0.2, 0.25) is 5.91 Å². The summed E-state index contributed by atoms with van der Waals surface area (Å²) >= 11 is 7.18. The number of amides is 2. The highest BCUT2D eigenvalue weighted by Crippen LogP contribution is 2.40. The molecular weight excluding hydrogens is 296 g/mol. The molecule has 0 radical (unpaired) electrons. The van der Waals surface area contributed by atoms with Gasteiger partial charge >= 0.3 is 0 Å². The van der Waals surface area contributed by atoms with Crippen molar-refractivity contribution >= 4 is 34.8 Å². The molecule has 20 heavy (non-hydrogen) atoms. The van der Waals surface area contributed by atoms with Crippen LogP contribution >= 0.6 is 22.9 Å². The van der Waals surface area contributed by atoms with Crippen LogP contribution in [0.1, 0.15) is 28.9 Å². The van der Waals surface area contributed by atoms with E-state index in [4.69, 9.17) is 11.6 Å². The molecule has 2 aliphatic rings. The van der Waals surface area contributed by atoms with E-state index >= 15 is 0 Å². The quantitative estimate of drug-likeness (QED) is 0.799. The van der Waals surface area contributed by atoms with Crippen molar-refractivity contribution in [1.82, 2.24) is 9.80 Å². The zero-order valence-electron chi connectivity index (χ0n) is 11.4. The molecule has 0 saturated carbocycles. The third-order valence-corrected chi connectivity index (χ3v) is 5.59. The summed E-state index contributed by atoms with van der Waals surface area (Å²) in [6.07, 6.45) is 2.70. The number of halogens is 1. The standard InChI is InChI=1S/C14H17ClN2O2S/c1-16-7-2-5-14(13(16)19)6-8-17(9-14)12(18)10-3-4-11(15)20-10/h3-4H,2,5-9H2,1H3/t14-/m0/s1. The smallest absolute Gasteiger partial charge is 0.264 e. The molecule has 6 heteroatoms. The van der Waals surface area contributed by atoms with Gasteiger partial charge < -0.3 is 9.80 Å². The van der Waals surface area contributed by atoms with Gasteiger partial charge in [0.15, 0.2) is 0 Å². The lowest BCUT2D eigenvalue weighted by Crippen LogP contribution is -2.48. The molecule has 108 valence electrons. The molecule has 1 spiro atoms. The molecule has 3 rings (SSSR count). The number of hydrogen-bond donors (Lipinski definition) is 0. The molecule has 2 saturated heterocycles. The molecule has 4 nitrogen and oxygen atoms in total. The Balaban J connectivity index is 1.76. The van der Waals surface area contributed by atoms with Crippen LogP contribution in [-0.2, 0) is 4.79 Å². The molecule has 0 unspecified atom stereocenters. The van der Waals surface area contributed by atoms with Gasteiger partial charge in [-0.05, 0) is 31.4 Å². The van der Waals surface area contributed by atoms with Crippen molar-refractivity contribution in [1.29, 1.82) is 0 Å². The summed E-state index contributed by atoms with van der Waals surface area (Å²) in [6, 6.07) is 3.50. The van der Waals surface area contributed by atoms with Gasteiger partial charge in [-0.1, -0.05) is 11.6 Å². The van der Waals surface area contributed by atoms with Crippen molar-refractivity contribution < 1.29 is 9.59 Å². The highest BCUT2D eigenvalue weighted by atomic mass is 35.5. The first-order valence-electron chi connectivity index (χ1n) is 6.82. The first-order chi connectivity index (χ1) is 9.52. The van der Waals surface area contributed by atoms with Crippen molar-refractivity contribution in [3.8, 4) is 0 Å². The van der Waals surface area contributed by atoms with Crippen molar-refractivity contribution in [2.45, 2.75) is 19.3 Å². The fourth-order valence-electron chi connectivity index (χ4n) is 3.28. The number of piperidine rings is 1. The molecule has 0 N–H and O–H groups in total. The van der Waals surface area contributed by atoms with Crippen LogP contribution in [0.3, 0.4) is 0 Å². The minimum absolute atomic E-state index is 0.000184. The Kier molecular flexibility index (Phi) is 3.50. The minimum Gasteiger partial charge on any atom is -0.345 e. The second kappa shape index (κ2) is 5.04. The second-order valence-corrected chi connectivity index (χ2v) is 7.41. The summed E-state index contributed by atoms with van der Waals surface area (Å²) in [7, 11) is 1.85. The highest BCUT2D eigenvalue weighted by Gasteiger charge is 2.48. The van der Waals surface area contributed by atoms with Crippen LogP contribution in [0, 0.1) is 5.41 Å². The summed E-state index contributed by atoms with van der Waals surface area (Å²) in [6.45, 7) is 2.04. The normalized spacial score (nSPS) is 26.6. The third kappa shape index (κ3) is 2.23. The van der Waals surface area contributed by atoms with E-state index in [-0.39, 0.29) is 17.2 Å². The van der Waals surface area contributed by atoms with Crippen LogP contribution in [0.2, 0.25) is 4.34 Å². The van der Waals surface area contributed by atoms with E-state index < -0.39 is 0 Å². The first-order valence-corrected chi connectivity index (χ1v) is 8.01. The van der Waals surface area contributed by atoms with Gasteiger partial charge in [-0.25, -0.2) is 0 Å². The summed E-state index contributed by atoms with van der Waals surface area (Å²) in [5, 5.41) is 0. The predicted octanol–water partition coefficient (Wildman–Crippen LogP) is 2.49. The molecular formula is C14H17ClN2O2S. The van der Waals surface area contributed by atoms with E-state index in [9.17, 15) is 9.59 Å². The number of rotatable bonds is 1. The molecule has 0 aromatic carbocycles. The lowest BCUT2D eigenvalue weighted by atomic mass is 9.78. The lowest BCUT2D eigenvalue weighted by molar-refractivity contribution is -0.143. The van der Waals surface area contributed by atoms with Crippen LogP contribution < -0.4 is 0 Å². The van der Waals surface area contributed by atoms with Gasteiger partial charge in [-0.3, -0.25) is 9.59 Å². The zero-order valence-corrected chi connectivity index (χ0v) is 13.0. The van der Waals surface area contributed by atoms with Gasteiger partial charge in [-0.15, -0.1) is 11.3 Å². The SMILES string of the molecule is CN1CCC[C@@]2(CCN(C(=O)c3ccc(Cl)s3)C2)C1=O. The van der Waals surface area contributed by atoms with E-state index in [0.29, 0.717) is 22.3 Å². The number of hydrogen-bond acceptors (Lipinski definition) is 3. The van der Waals surface area contributed by atoms with Crippen LogP contribution in [-0.4, -0.2) is 48.3 Å². The monoisotopic (exact) mass is 312 g/mol. The van der Waals surface area contributed by atoms with Gasteiger partial charge in [0, 0.05) is 26.7 Å². The Morgan fingerprint density at radius 1 is 1.35 bits per heavy atom. The van der Waals surface area contributed by atoms with Crippen LogP contribution in [0.5, 0.6) is 0 Å². The van der Waals surface area contributed by atoms with Gasteiger partial charge in [0.1, 0.15) is 0 Å². The number of thiophene rings is 1. The van der Waals surface area contributed by atoms with Gasteiger partial charge in [0.25, 0.3) is 5.91 Å².